The number of hydrogen-bond donors (Lipinski definition) is 0. The topological polar surface area (TPSA) is 76.4 Å². The van der Waals surface area contributed by atoms with E-state index in [-0.39, 0.29) is 18.2 Å². The van der Waals surface area contributed by atoms with E-state index >= 15 is 0 Å². The zero-order chi connectivity index (χ0) is 25.6. The van der Waals surface area contributed by atoms with Crippen molar-refractivity contribution in [3.63, 3.8) is 0 Å². The van der Waals surface area contributed by atoms with E-state index in [2.05, 4.69) is 6.07 Å². The van der Waals surface area contributed by atoms with Gasteiger partial charge in [0, 0.05) is 21.2 Å². The zero-order valence-electron chi connectivity index (χ0n) is 19.7. The van der Waals surface area contributed by atoms with Crippen LogP contribution in [-0.4, -0.2) is 18.2 Å². The molecule has 5 aromatic rings. The Kier molecular flexibility index (Phi) is 7.07. The van der Waals surface area contributed by atoms with Crippen LogP contribution in [0.2, 0.25) is 0 Å². The summed E-state index contributed by atoms with van der Waals surface area (Å²) in [4.78, 5) is 26.6. The monoisotopic (exact) mass is 503 g/mol. The Morgan fingerprint density at radius 2 is 1.43 bits per heavy atom. The molecule has 0 fully saturated rings. The summed E-state index contributed by atoms with van der Waals surface area (Å²) in [6.07, 6.45) is 0. The van der Waals surface area contributed by atoms with E-state index in [1.165, 1.54) is 11.3 Å². The number of nitriles is 1. The lowest BCUT2D eigenvalue weighted by Gasteiger charge is -2.09. The smallest absolute Gasteiger partial charge is 0.206 e. The quantitative estimate of drug-likeness (QED) is 0.206. The Morgan fingerprint density at radius 1 is 0.757 bits per heavy atom. The summed E-state index contributed by atoms with van der Waals surface area (Å²) in [7, 11) is 0. The van der Waals surface area contributed by atoms with Crippen molar-refractivity contribution in [3.05, 3.63) is 130 Å². The maximum atomic E-state index is 13.3. The zero-order valence-corrected chi connectivity index (χ0v) is 20.5. The number of Topliss-reactive ketones (excluding diaryl/α,β-unsaturated/α-hetero) is 1. The Hall–Kier alpha value is -4.73. The van der Waals surface area contributed by atoms with Gasteiger partial charge in [-0.05, 0) is 66.2 Å². The van der Waals surface area contributed by atoms with Crippen molar-refractivity contribution in [2.24, 2.45) is 0 Å². The molecule has 0 amide bonds. The molecule has 0 spiro atoms. The van der Waals surface area contributed by atoms with Gasteiger partial charge in [0.05, 0.1) is 11.6 Å². The highest BCUT2D eigenvalue weighted by molar-refractivity contribution is 7.21. The molecule has 0 aliphatic carbocycles. The Labute approximate surface area is 218 Å². The molecule has 0 saturated carbocycles. The van der Waals surface area contributed by atoms with Crippen LogP contribution in [0.15, 0.2) is 103 Å². The maximum absolute atomic E-state index is 13.3. The number of benzene rings is 4. The molecule has 0 N–H and O–H groups in total. The Morgan fingerprint density at radius 3 is 2.16 bits per heavy atom. The third-order valence-corrected chi connectivity index (χ3v) is 6.96. The highest BCUT2D eigenvalue weighted by Gasteiger charge is 2.22. The maximum Gasteiger partial charge on any atom is 0.206 e. The van der Waals surface area contributed by atoms with Gasteiger partial charge in [-0.3, -0.25) is 9.59 Å². The lowest BCUT2D eigenvalue weighted by atomic mass is 10.1. The summed E-state index contributed by atoms with van der Waals surface area (Å²) in [6, 6.07) is 32.9. The summed E-state index contributed by atoms with van der Waals surface area (Å²) < 4.78 is 12.7. The second-order valence-corrected chi connectivity index (χ2v) is 9.34. The van der Waals surface area contributed by atoms with Gasteiger partial charge in [0.25, 0.3) is 0 Å². The minimum Gasteiger partial charge on any atom is -0.489 e. The first-order valence-electron chi connectivity index (χ1n) is 11.6. The van der Waals surface area contributed by atoms with Crippen LogP contribution in [0.5, 0.6) is 11.5 Å². The van der Waals surface area contributed by atoms with Crippen LogP contribution < -0.4 is 9.47 Å². The van der Waals surface area contributed by atoms with E-state index in [0.29, 0.717) is 39.7 Å². The molecule has 0 bridgehead atoms. The standard InChI is InChI=1S/C31H21NO4S/c32-18-21-10-12-24(13-11-21)29(34)31-30(26-8-4-5-9-28(26)37-31)36-20-27(33)23-14-16-25(17-15-23)35-19-22-6-2-1-3-7-22/h1-17H,19-20H2. The van der Waals surface area contributed by atoms with E-state index in [9.17, 15) is 9.59 Å². The van der Waals surface area contributed by atoms with Crippen molar-refractivity contribution in [2.45, 2.75) is 6.61 Å². The van der Waals surface area contributed by atoms with Gasteiger partial charge in [-0.25, -0.2) is 0 Å². The van der Waals surface area contributed by atoms with Gasteiger partial charge < -0.3 is 9.47 Å². The van der Waals surface area contributed by atoms with E-state index < -0.39 is 0 Å². The number of carbonyl (C=O) groups excluding carboxylic acids is 2. The minimum atomic E-state index is -0.215. The normalized spacial score (nSPS) is 10.6. The molecular formula is C31H21NO4S. The second kappa shape index (κ2) is 10.9. The molecule has 0 aliphatic heterocycles. The van der Waals surface area contributed by atoms with Crippen LogP contribution in [0.25, 0.3) is 10.1 Å². The van der Waals surface area contributed by atoms with Crippen LogP contribution in [0, 0.1) is 11.3 Å². The number of hydrogen-bond acceptors (Lipinski definition) is 6. The fourth-order valence-electron chi connectivity index (χ4n) is 3.84. The largest absolute Gasteiger partial charge is 0.489 e. The molecule has 0 radical (unpaired) electrons. The second-order valence-electron chi connectivity index (χ2n) is 8.29. The van der Waals surface area contributed by atoms with Crippen LogP contribution >= 0.6 is 11.3 Å². The molecule has 0 saturated heterocycles. The van der Waals surface area contributed by atoms with E-state index in [1.807, 2.05) is 54.6 Å². The summed E-state index contributed by atoms with van der Waals surface area (Å²) in [5.74, 6) is 0.640. The van der Waals surface area contributed by atoms with Crippen molar-refractivity contribution >= 4 is 33.0 Å². The number of fused-ring (bicyclic) bond motifs is 1. The highest BCUT2D eigenvalue weighted by Crippen LogP contribution is 2.39. The van der Waals surface area contributed by atoms with Crippen LogP contribution in [0.4, 0.5) is 0 Å². The SMILES string of the molecule is N#Cc1ccc(C(=O)c2sc3ccccc3c2OCC(=O)c2ccc(OCc3ccccc3)cc2)cc1. The molecule has 5 nitrogen and oxygen atoms in total. The summed E-state index contributed by atoms with van der Waals surface area (Å²) >= 11 is 1.32. The molecular weight excluding hydrogens is 482 g/mol. The van der Waals surface area contributed by atoms with Gasteiger partial charge >= 0.3 is 0 Å². The third kappa shape index (κ3) is 5.43. The molecule has 6 heteroatoms. The number of rotatable bonds is 9. The van der Waals surface area contributed by atoms with Crippen molar-refractivity contribution in [1.82, 2.24) is 0 Å². The first-order valence-corrected chi connectivity index (χ1v) is 12.4. The van der Waals surface area contributed by atoms with Crippen LogP contribution in [0.3, 0.4) is 0 Å². The van der Waals surface area contributed by atoms with Gasteiger partial charge in [-0.15, -0.1) is 11.3 Å². The third-order valence-electron chi connectivity index (χ3n) is 5.80. The molecule has 180 valence electrons. The van der Waals surface area contributed by atoms with Crippen molar-refractivity contribution in [1.29, 1.82) is 5.26 Å². The first-order chi connectivity index (χ1) is 18.1. The number of ketones is 2. The van der Waals surface area contributed by atoms with Gasteiger partial charge in [0.15, 0.2) is 12.4 Å². The molecule has 0 unspecified atom stereocenters. The van der Waals surface area contributed by atoms with Crippen molar-refractivity contribution in [2.75, 3.05) is 6.61 Å². The number of nitrogens with zero attached hydrogens (tertiary/aromatic N) is 1. The predicted octanol–water partition coefficient (Wildman–Crippen LogP) is 6.84. The minimum absolute atomic E-state index is 0.207. The van der Waals surface area contributed by atoms with Crippen LogP contribution in [-0.2, 0) is 6.61 Å². The average Bonchev–Trinajstić information content (AvgIpc) is 3.34. The van der Waals surface area contributed by atoms with Gasteiger partial charge in [0.2, 0.25) is 5.78 Å². The van der Waals surface area contributed by atoms with Gasteiger partial charge in [-0.2, -0.15) is 5.26 Å². The van der Waals surface area contributed by atoms with E-state index in [4.69, 9.17) is 14.7 Å². The number of ether oxygens (including phenoxy) is 2. The fraction of sp³-hybridized carbons (Fsp3) is 0.0645. The van der Waals surface area contributed by atoms with Crippen molar-refractivity contribution in [3.8, 4) is 17.6 Å². The fourth-order valence-corrected chi connectivity index (χ4v) is 4.95. The summed E-state index contributed by atoms with van der Waals surface area (Å²) in [5, 5.41) is 9.82. The lowest BCUT2D eigenvalue weighted by Crippen LogP contribution is -2.13. The highest BCUT2D eigenvalue weighted by atomic mass is 32.1. The molecule has 1 aromatic heterocycles. The Balaban J connectivity index is 1.31. The summed E-state index contributed by atoms with van der Waals surface area (Å²) in [5.41, 5.74) is 2.48. The average molecular weight is 504 g/mol. The van der Waals surface area contributed by atoms with E-state index in [0.717, 1.165) is 15.6 Å². The Bertz CT molecular complexity index is 1600. The molecule has 37 heavy (non-hydrogen) atoms. The molecule has 0 aliphatic rings. The summed E-state index contributed by atoms with van der Waals surface area (Å²) in [6.45, 7) is 0.233. The number of thiophene rings is 1. The molecule has 0 atom stereocenters. The number of carbonyl (C=O) groups is 2. The van der Waals surface area contributed by atoms with Crippen molar-refractivity contribution < 1.29 is 19.1 Å². The molecule has 1 heterocycles. The van der Waals surface area contributed by atoms with Crippen LogP contribution in [0.1, 0.15) is 36.7 Å². The van der Waals surface area contributed by atoms with E-state index in [1.54, 1.807) is 48.5 Å². The van der Waals surface area contributed by atoms with Gasteiger partial charge in [-0.1, -0.05) is 42.5 Å². The molecule has 4 aromatic carbocycles. The molecule has 5 rings (SSSR count). The van der Waals surface area contributed by atoms with Gasteiger partial charge in [0.1, 0.15) is 23.0 Å². The first kappa shape index (κ1) is 24.0. The predicted molar refractivity (Wildman–Crippen MR) is 143 cm³/mol. The lowest BCUT2D eigenvalue weighted by molar-refractivity contribution is 0.0917.